The summed E-state index contributed by atoms with van der Waals surface area (Å²) in [4.78, 5) is 50.3. The molecule has 9 nitrogen and oxygen atoms in total. The summed E-state index contributed by atoms with van der Waals surface area (Å²) in [7, 11) is 0. The van der Waals surface area contributed by atoms with E-state index in [1.165, 1.54) is 0 Å². The van der Waals surface area contributed by atoms with Gasteiger partial charge < -0.3 is 20.7 Å². The zero-order valence-corrected chi connectivity index (χ0v) is 18.1. The Bertz CT molecular complexity index is 896. The van der Waals surface area contributed by atoms with Crippen LogP contribution in [0.1, 0.15) is 11.1 Å². The van der Waals surface area contributed by atoms with Crippen LogP contribution in [0.3, 0.4) is 0 Å². The molecule has 4 N–H and O–H groups in total. The smallest absolute Gasteiger partial charge is 0.325 e. The van der Waals surface area contributed by atoms with Crippen molar-refractivity contribution in [2.75, 3.05) is 19.6 Å². The third-order valence-electron chi connectivity index (χ3n) is 4.26. The van der Waals surface area contributed by atoms with Crippen molar-refractivity contribution in [3.05, 3.63) is 71.8 Å². The maximum atomic E-state index is 12.5. The van der Waals surface area contributed by atoms with Crippen LogP contribution in [0.5, 0.6) is 0 Å². The van der Waals surface area contributed by atoms with Gasteiger partial charge in [0.1, 0.15) is 19.2 Å². The molecule has 32 heavy (non-hydrogen) atoms. The van der Waals surface area contributed by atoms with Crippen molar-refractivity contribution < 1.29 is 23.9 Å². The zero-order valence-electron chi connectivity index (χ0n) is 17.3. The molecule has 0 aliphatic carbocycles. The average Bonchev–Trinajstić information content (AvgIpc) is 2.81. The van der Waals surface area contributed by atoms with Gasteiger partial charge in [-0.3, -0.25) is 19.2 Å². The van der Waals surface area contributed by atoms with Crippen molar-refractivity contribution in [3.8, 4) is 0 Å². The number of benzene rings is 2. The van der Waals surface area contributed by atoms with Gasteiger partial charge in [0.25, 0.3) is 0 Å². The first-order chi connectivity index (χ1) is 15.5. The summed E-state index contributed by atoms with van der Waals surface area (Å²) in [6.07, 6.45) is 0.230. The van der Waals surface area contributed by atoms with E-state index in [-0.39, 0.29) is 32.7 Å². The molecule has 0 saturated carbocycles. The molecule has 0 unspecified atom stereocenters. The molecule has 0 aliphatic rings. The van der Waals surface area contributed by atoms with E-state index in [0.717, 1.165) is 11.1 Å². The largest absolute Gasteiger partial charge is 0.460 e. The first kappa shape index (κ1) is 24.8. The van der Waals surface area contributed by atoms with Gasteiger partial charge in [0.05, 0.1) is 13.1 Å². The van der Waals surface area contributed by atoms with E-state index in [4.69, 9.17) is 16.5 Å². The highest BCUT2D eigenvalue weighted by molar-refractivity contribution is 6.14. The molecule has 0 bridgehead atoms. The highest BCUT2D eigenvalue weighted by atomic mass is 35.5. The van der Waals surface area contributed by atoms with Crippen molar-refractivity contribution in [2.45, 2.75) is 19.1 Å². The monoisotopic (exact) mass is 460 g/mol. The van der Waals surface area contributed by atoms with E-state index >= 15 is 0 Å². The summed E-state index contributed by atoms with van der Waals surface area (Å²) in [5.41, 5.74) is 1.66. The van der Waals surface area contributed by atoms with E-state index in [0.29, 0.717) is 0 Å². The van der Waals surface area contributed by atoms with Crippen LogP contribution in [-0.2, 0) is 36.9 Å². The van der Waals surface area contributed by atoms with Crippen molar-refractivity contribution in [1.82, 2.24) is 20.8 Å². The maximum Gasteiger partial charge on any atom is 0.325 e. The number of ether oxygens (including phenoxy) is 1. The molecule has 3 amide bonds. The number of halogens is 1. The summed E-state index contributed by atoms with van der Waals surface area (Å²) < 4.78 is 5.07. The molecule has 0 aromatic heterocycles. The highest BCUT2D eigenvalue weighted by Crippen LogP contribution is 2.04. The predicted octanol–water partition coefficient (Wildman–Crippen LogP) is 0.433. The van der Waals surface area contributed by atoms with Crippen molar-refractivity contribution in [1.29, 1.82) is 0 Å². The molecule has 0 saturated heterocycles. The number of carbonyl (C=O) groups excluding carboxylic acids is 4. The van der Waals surface area contributed by atoms with Crippen LogP contribution in [0.2, 0.25) is 0 Å². The van der Waals surface area contributed by atoms with E-state index < -0.39 is 29.7 Å². The molecule has 10 heteroatoms. The van der Waals surface area contributed by atoms with Gasteiger partial charge in [0.15, 0.2) is 0 Å². The second-order valence-electron chi connectivity index (χ2n) is 6.76. The van der Waals surface area contributed by atoms with Gasteiger partial charge in [-0.15, -0.1) is 0 Å². The number of nitrogens with one attached hydrogen (secondary N) is 4. The second kappa shape index (κ2) is 13.8. The molecule has 2 aromatic carbocycles. The van der Waals surface area contributed by atoms with Crippen LogP contribution < -0.4 is 20.8 Å². The van der Waals surface area contributed by atoms with E-state index in [9.17, 15) is 19.2 Å². The Balaban J connectivity index is 1.77. The molecule has 0 spiro atoms. The number of hydrogen-bond donors (Lipinski definition) is 4. The molecule has 2 rings (SSSR count). The van der Waals surface area contributed by atoms with Gasteiger partial charge >= 0.3 is 5.97 Å². The minimum atomic E-state index is -0.904. The van der Waals surface area contributed by atoms with Crippen molar-refractivity contribution in [3.63, 3.8) is 0 Å². The first-order valence-electron chi connectivity index (χ1n) is 9.88. The summed E-state index contributed by atoms with van der Waals surface area (Å²) in [5, 5.41) is 7.41. The fourth-order valence-electron chi connectivity index (χ4n) is 2.68. The molecule has 0 fully saturated rings. The third-order valence-corrected chi connectivity index (χ3v) is 4.39. The Hall–Kier alpha value is -3.43. The Morgan fingerprint density at radius 3 is 2.03 bits per heavy atom. The molecule has 0 heterocycles. The van der Waals surface area contributed by atoms with Gasteiger partial charge in [-0.2, -0.15) is 0 Å². The molecule has 0 aliphatic heterocycles. The predicted molar refractivity (Wildman–Crippen MR) is 118 cm³/mol. The molecule has 2 aromatic rings. The van der Waals surface area contributed by atoms with Crippen LogP contribution in [-0.4, -0.2) is 49.4 Å². The third kappa shape index (κ3) is 9.59. The molecular weight excluding hydrogens is 436 g/mol. The van der Waals surface area contributed by atoms with E-state index in [2.05, 4.69) is 20.8 Å². The summed E-state index contributed by atoms with van der Waals surface area (Å²) in [6, 6.07) is 17.3. The van der Waals surface area contributed by atoms with Crippen LogP contribution in [0.4, 0.5) is 0 Å². The van der Waals surface area contributed by atoms with Gasteiger partial charge in [-0.1, -0.05) is 60.7 Å². The number of rotatable bonds is 12. The first-order valence-corrected chi connectivity index (χ1v) is 10.3. The minimum absolute atomic E-state index is 0.101. The Kier molecular flexibility index (Phi) is 10.7. The number of hydrogen-bond acceptors (Lipinski definition) is 6. The summed E-state index contributed by atoms with van der Waals surface area (Å²) >= 11 is 5.34. The maximum absolute atomic E-state index is 12.5. The molecule has 170 valence electrons. The van der Waals surface area contributed by atoms with Gasteiger partial charge in [-0.05, 0) is 22.9 Å². The van der Waals surface area contributed by atoms with E-state index in [1.54, 1.807) is 0 Å². The number of amides is 3. The zero-order chi connectivity index (χ0) is 23.2. The van der Waals surface area contributed by atoms with Crippen LogP contribution >= 0.6 is 11.8 Å². The lowest BCUT2D eigenvalue weighted by Gasteiger charge is -2.18. The van der Waals surface area contributed by atoms with Crippen LogP contribution in [0.25, 0.3) is 0 Å². The molecule has 1 atom stereocenters. The fourth-order valence-corrected chi connectivity index (χ4v) is 2.80. The standard InChI is InChI=1S/C22H25ClN4O5/c23-26-13-20(29)27-18(11-16-7-3-1-4-8-16)22(31)25-12-19(28)24-14-21(30)32-15-17-9-5-2-6-10-17/h1-10,18,26H,11-15H2,(H,24,28)(H,25,31)(H,27,29)/t18-/m0/s1. The van der Waals surface area contributed by atoms with Gasteiger partial charge in [0, 0.05) is 6.42 Å². The SMILES string of the molecule is O=C(CNC(=O)[C@H](Cc1ccccc1)NC(=O)CNCl)NCC(=O)OCc1ccccc1. The topological polar surface area (TPSA) is 126 Å². The van der Waals surface area contributed by atoms with Crippen LogP contribution in [0.15, 0.2) is 60.7 Å². The Morgan fingerprint density at radius 2 is 1.41 bits per heavy atom. The number of carbonyl (C=O) groups is 4. The lowest BCUT2D eigenvalue weighted by molar-refractivity contribution is -0.145. The average molecular weight is 461 g/mol. The summed E-state index contributed by atoms with van der Waals surface area (Å²) in [6.45, 7) is -0.761. The quantitative estimate of drug-likeness (QED) is 0.269. The van der Waals surface area contributed by atoms with Gasteiger partial charge in [0.2, 0.25) is 17.7 Å². The second-order valence-corrected chi connectivity index (χ2v) is 7.03. The normalized spacial score (nSPS) is 11.2. The van der Waals surface area contributed by atoms with Crippen LogP contribution in [0, 0.1) is 0 Å². The lowest BCUT2D eigenvalue weighted by Crippen LogP contribution is -2.51. The highest BCUT2D eigenvalue weighted by Gasteiger charge is 2.21. The fraction of sp³-hybridized carbons (Fsp3) is 0.273. The minimum Gasteiger partial charge on any atom is -0.460 e. The van der Waals surface area contributed by atoms with E-state index in [1.807, 2.05) is 60.7 Å². The van der Waals surface area contributed by atoms with Crippen molar-refractivity contribution in [2.24, 2.45) is 0 Å². The Morgan fingerprint density at radius 1 is 0.781 bits per heavy atom. The lowest BCUT2D eigenvalue weighted by atomic mass is 10.1. The van der Waals surface area contributed by atoms with Gasteiger partial charge in [-0.25, -0.2) is 4.84 Å². The summed E-state index contributed by atoms with van der Waals surface area (Å²) in [5.74, 6) is -2.18. The Labute approximate surface area is 191 Å². The number of esters is 1. The molecular formula is C22H25ClN4O5. The van der Waals surface area contributed by atoms with Crippen molar-refractivity contribution >= 4 is 35.5 Å². The molecule has 0 radical (unpaired) electrons.